The highest BCUT2D eigenvalue weighted by molar-refractivity contribution is 6.31. The van der Waals surface area contributed by atoms with Crippen molar-refractivity contribution in [2.24, 2.45) is 0 Å². The highest BCUT2D eigenvalue weighted by Gasteiger charge is 2.10. The van der Waals surface area contributed by atoms with Crippen LogP contribution in [0.3, 0.4) is 0 Å². The van der Waals surface area contributed by atoms with Crippen LogP contribution in [0.15, 0.2) is 18.2 Å². The molecule has 0 N–H and O–H groups in total. The van der Waals surface area contributed by atoms with Crippen molar-refractivity contribution in [3.63, 3.8) is 0 Å². The predicted molar refractivity (Wildman–Crippen MR) is 67.3 cm³/mol. The first-order valence-electron chi connectivity index (χ1n) is 5.59. The summed E-state index contributed by atoms with van der Waals surface area (Å²) in [6.07, 6.45) is 2.14. The summed E-state index contributed by atoms with van der Waals surface area (Å²) in [5, 5.41) is 11.1. The fourth-order valence-corrected chi connectivity index (χ4v) is 1.68. The summed E-state index contributed by atoms with van der Waals surface area (Å²) < 4.78 is 5.58. The molecule has 0 spiro atoms. The molecule has 4 nitrogen and oxygen atoms in total. The molecule has 1 unspecified atom stereocenters. The van der Waals surface area contributed by atoms with Gasteiger partial charge in [-0.1, -0.05) is 24.9 Å². The van der Waals surface area contributed by atoms with Crippen molar-refractivity contribution in [3.8, 4) is 0 Å². The molecule has 0 fully saturated rings. The molecule has 0 heterocycles. The quantitative estimate of drug-likeness (QED) is 0.573. The Labute approximate surface area is 106 Å². The van der Waals surface area contributed by atoms with Gasteiger partial charge >= 0.3 is 0 Å². The van der Waals surface area contributed by atoms with Gasteiger partial charge in [0, 0.05) is 22.7 Å². The first-order valence-corrected chi connectivity index (χ1v) is 5.96. The summed E-state index contributed by atoms with van der Waals surface area (Å²) in [7, 11) is 0. The average molecular weight is 258 g/mol. The minimum atomic E-state index is -0.435. The van der Waals surface area contributed by atoms with E-state index in [1.807, 2.05) is 6.92 Å². The van der Waals surface area contributed by atoms with Gasteiger partial charge in [-0.25, -0.2) is 0 Å². The molecule has 5 heteroatoms. The fraction of sp³-hybridized carbons (Fsp3) is 0.500. The fourth-order valence-electron chi connectivity index (χ4n) is 1.51. The van der Waals surface area contributed by atoms with E-state index in [4.69, 9.17) is 16.3 Å². The van der Waals surface area contributed by atoms with Crippen LogP contribution in [0.1, 0.15) is 32.3 Å². The molecule has 0 bridgehead atoms. The number of ether oxygens (including phenoxy) is 1. The van der Waals surface area contributed by atoms with Crippen LogP contribution < -0.4 is 0 Å². The molecule has 0 aliphatic heterocycles. The summed E-state index contributed by atoms with van der Waals surface area (Å²) in [4.78, 5) is 10.2. The summed E-state index contributed by atoms with van der Waals surface area (Å²) in [6, 6.07) is 4.38. The lowest BCUT2D eigenvalue weighted by Crippen LogP contribution is -2.07. The van der Waals surface area contributed by atoms with Crippen LogP contribution in [0.5, 0.6) is 0 Å². The molecule has 0 aromatic heterocycles. The van der Waals surface area contributed by atoms with Gasteiger partial charge in [0.1, 0.15) is 0 Å². The molecule has 1 aromatic carbocycles. The van der Waals surface area contributed by atoms with Crippen LogP contribution >= 0.6 is 11.6 Å². The number of nitro benzene ring substituents is 1. The molecule has 1 atom stereocenters. The van der Waals surface area contributed by atoms with E-state index >= 15 is 0 Å². The van der Waals surface area contributed by atoms with E-state index < -0.39 is 4.92 Å². The largest absolute Gasteiger partial charge is 0.374 e. The van der Waals surface area contributed by atoms with Gasteiger partial charge in [-0.3, -0.25) is 10.1 Å². The van der Waals surface area contributed by atoms with E-state index in [1.54, 1.807) is 0 Å². The summed E-state index contributed by atoms with van der Waals surface area (Å²) in [5.41, 5.74) is 0.694. The molecule has 94 valence electrons. The topological polar surface area (TPSA) is 52.4 Å². The molecule has 0 radical (unpaired) electrons. The molecule has 0 saturated carbocycles. The van der Waals surface area contributed by atoms with E-state index in [0.29, 0.717) is 17.2 Å². The average Bonchev–Trinajstić information content (AvgIpc) is 2.28. The third-order valence-electron chi connectivity index (χ3n) is 2.46. The third-order valence-corrected chi connectivity index (χ3v) is 2.83. The summed E-state index contributed by atoms with van der Waals surface area (Å²) in [6.45, 7) is 4.37. The van der Waals surface area contributed by atoms with Crippen molar-refractivity contribution >= 4 is 17.3 Å². The molecule has 0 saturated heterocycles. The number of rotatable bonds is 6. The van der Waals surface area contributed by atoms with Gasteiger partial charge in [0.05, 0.1) is 17.6 Å². The van der Waals surface area contributed by atoms with Crippen LogP contribution in [-0.4, -0.2) is 11.0 Å². The zero-order valence-electron chi connectivity index (χ0n) is 9.98. The lowest BCUT2D eigenvalue weighted by Gasteiger charge is -2.12. The van der Waals surface area contributed by atoms with Crippen molar-refractivity contribution in [2.75, 3.05) is 0 Å². The van der Waals surface area contributed by atoms with Gasteiger partial charge in [0.2, 0.25) is 0 Å². The molecular formula is C12H16ClNO3. The number of nitrogens with zero attached hydrogens (tertiary/aromatic N) is 1. The predicted octanol–water partition coefficient (Wildman–Crippen LogP) is 3.95. The second-order valence-electron chi connectivity index (χ2n) is 3.94. The molecule has 0 aliphatic carbocycles. The van der Waals surface area contributed by atoms with Crippen LogP contribution in [-0.2, 0) is 11.3 Å². The minimum absolute atomic E-state index is 0.0381. The maximum atomic E-state index is 10.6. The number of hydrogen-bond donors (Lipinski definition) is 0. The maximum absolute atomic E-state index is 10.6. The number of benzene rings is 1. The van der Waals surface area contributed by atoms with Gasteiger partial charge in [-0.2, -0.15) is 0 Å². The third kappa shape index (κ3) is 4.32. The Balaban J connectivity index is 2.69. The zero-order chi connectivity index (χ0) is 12.8. The second-order valence-corrected chi connectivity index (χ2v) is 4.35. The molecule has 0 aliphatic rings. The van der Waals surface area contributed by atoms with E-state index in [-0.39, 0.29) is 11.8 Å². The minimum Gasteiger partial charge on any atom is -0.374 e. The smallest absolute Gasteiger partial charge is 0.269 e. The van der Waals surface area contributed by atoms with Crippen molar-refractivity contribution < 1.29 is 9.66 Å². The van der Waals surface area contributed by atoms with Crippen LogP contribution in [0, 0.1) is 10.1 Å². The normalized spacial score (nSPS) is 12.4. The van der Waals surface area contributed by atoms with Crippen LogP contribution in [0.2, 0.25) is 5.02 Å². The molecular weight excluding hydrogens is 242 g/mol. The van der Waals surface area contributed by atoms with Gasteiger partial charge in [-0.15, -0.1) is 0 Å². The lowest BCUT2D eigenvalue weighted by atomic mass is 10.2. The Morgan fingerprint density at radius 1 is 1.53 bits per heavy atom. The van der Waals surface area contributed by atoms with Crippen molar-refractivity contribution in [1.82, 2.24) is 0 Å². The number of hydrogen-bond acceptors (Lipinski definition) is 3. The van der Waals surface area contributed by atoms with E-state index in [2.05, 4.69) is 6.92 Å². The molecule has 1 aromatic rings. The van der Waals surface area contributed by atoms with Gasteiger partial charge < -0.3 is 4.74 Å². The first-order chi connectivity index (χ1) is 8.04. The zero-order valence-corrected chi connectivity index (χ0v) is 10.7. The van der Waals surface area contributed by atoms with Crippen LogP contribution in [0.4, 0.5) is 5.69 Å². The van der Waals surface area contributed by atoms with E-state index in [9.17, 15) is 10.1 Å². The number of halogens is 1. The van der Waals surface area contributed by atoms with Gasteiger partial charge in [-0.05, 0) is 19.4 Å². The van der Waals surface area contributed by atoms with Crippen molar-refractivity contribution in [2.45, 2.75) is 39.4 Å². The van der Waals surface area contributed by atoms with E-state index in [0.717, 1.165) is 12.8 Å². The van der Waals surface area contributed by atoms with Gasteiger partial charge in [0.25, 0.3) is 5.69 Å². The summed E-state index contributed by atoms with van der Waals surface area (Å²) >= 11 is 5.96. The second kappa shape index (κ2) is 6.57. The van der Waals surface area contributed by atoms with Gasteiger partial charge in [0.15, 0.2) is 0 Å². The van der Waals surface area contributed by atoms with Crippen LogP contribution in [0.25, 0.3) is 0 Å². The molecule has 17 heavy (non-hydrogen) atoms. The maximum Gasteiger partial charge on any atom is 0.269 e. The summed E-state index contributed by atoms with van der Waals surface area (Å²) in [5.74, 6) is 0. The van der Waals surface area contributed by atoms with Crippen molar-refractivity contribution in [1.29, 1.82) is 0 Å². The SMILES string of the molecule is CCCC(C)OCc1cc([N+](=O)[O-])ccc1Cl. The Morgan fingerprint density at radius 2 is 2.24 bits per heavy atom. The number of nitro groups is 1. The highest BCUT2D eigenvalue weighted by Crippen LogP contribution is 2.23. The highest BCUT2D eigenvalue weighted by atomic mass is 35.5. The first kappa shape index (κ1) is 13.9. The van der Waals surface area contributed by atoms with E-state index in [1.165, 1.54) is 18.2 Å². The monoisotopic (exact) mass is 257 g/mol. The Kier molecular flexibility index (Phi) is 5.38. The van der Waals surface area contributed by atoms with Crippen molar-refractivity contribution in [3.05, 3.63) is 38.9 Å². The number of non-ortho nitro benzene ring substituents is 1. The Morgan fingerprint density at radius 3 is 2.82 bits per heavy atom. The Bertz CT molecular complexity index is 395. The standard InChI is InChI=1S/C12H16ClNO3/c1-3-4-9(2)17-8-10-7-11(14(15)16)5-6-12(10)13/h5-7,9H,3-4,8H2,1-2H3. The lowest BCUT2D eigenvalue weighted by molar-refractivity contribution is -0.385. The molecule has 0 amide bonds. The Hall–Kier alpha value is -1.13. The molecule has 1 rings (SSSR count).